The molecule has 2 aromatic rings. The van der Waals surface area contributed by atoms with Crippen LogP contribution in [0.5, 0.6) is 0 Å². The lowest BCUT2D eigenvalue weighted by Gasteiger charge is -2.19. The molecule has 0 aliphatic rings. The maximum atomic E-state index is 12.3. The van der Waals surface area contributed by atoms with Gasteiger partial charge in [0.2, 0.25) is 0 Å². The van der Waals surface area contributed by atoms with E-state index in [4.69, 9.17) is 10.5 Å². The predicted octanol–water partition coefficient (Wildman–Crippen LogP) is 2.05. The molecule has 0 fully saturated rings. The van der Waals surface area contributed by atoms with Crippen molar-refractivity contribution in [2.24, 2.45) is 0 Å². The van der Waals surface area contributed by atoms with Gasteiger partial charge in [0.25, 0.3) is 0 Å². The summed E-state index contributed by atoms with van der Waals surface area (Å²) in [7, 11) is 4.03. The van der Waals surface area contributed by atoms with Crippen molar-refractivity contribution in [2.45, 2.75) is 26.9 Å². The Kier molecular flexibility index (Phi) is 7.22. The monoisotopic (exact) mass is 387 g/mol. The first kappa shape index (κ1) is 20.7. The molecule has 0 bridgehead atoms. The van der Waals surface area contributed by atoms with E-state index in [0.29, 0.717) is 34.2 Å². The summed E-state index contributed by atoms with van der Waals surface area (Å²) in [5.41, 5.74) is 9.43. The fourth-order valence-electron chi connectivity index (χ4n) is 2.90. The Morgan fingerprint density at radius 1 is 1.26 bits per heavy atom. The van der Waals surface area contributed by atoms with E-state index in [2.05, 4.69) is 42.2 Å². The Labute approximate surface area is 164 Å². The lowest BCUT2D eigenvalue weighted by atomic mass is 10.1. The van der Waals surface area contributed by atoms with Gasteiger partial charge in [-0.25, -0.2) is 4.79 Å². The molecule has 0 radical (unpaired) electrons. The first-order valence-corrected chi connectivity index (χ1v) is 9.81. The van der Waals surface area contributed by atoms with Gasteiger partial charge >= 0.3 is 5.97 Å². The van der Waals surface area contributed by atoms with Crippen LogP contribution in [-0.2, 0) is 17.8 Å². The van der Waals surface area contributed by atoms with Gasteiger partial charge in [-0.3, -0.25) is 0 Å². The van der Waals surface area contributed by atoms with Gasteiger partial charge in [-0.1, -0.05) is 12.1 Å². The molecule has 0 amide bonds. The van der Waals surface area contributed by atoms with Crippen LogP contribution < -0.4 is 15.5 Å². The molecule has 6 nitrogen and oxygen atoms in total. The molecule has 27 heavy (non-hydrogen) atoms. The van der Waals surface area contributed by atoms with Crippen molar-refractivity contribution < 1.29 is 14.4 Å². The van der Waals surface area contributed by atoms with Gasteiger partial charge in [0.05, 0.1) is 24.3 Å². The van der Waals surface area contributed by atoms with Gasteiger partial charge in [-0.2, -0.15) is 5.26 Å². The van der Waals surface area contributed by atoms with Crippen LogP contribution in [0.1, 0.15) is 40.2 Å². The number of hydrogen-bond acceptors (Lipinski definition) is 6. The number of nitrogens with two attached hydrogens (primary N) is 1. The minimum absolute atomic E-state index is 0.292. The highest BCUT2D eigenvalue weighted by Crippen LogP contribution is 2.30. The molecule has 1 aromatic carbocycles. The van der Waals surface area contributed by atoms with Gasteiger partial charge in [0, 0.05) is 25.3 Å². The number of anilines is 2. The number of nitriles is 1. The van der Waals surface area contributed by atoms with Crippen LogP contribution in [-0.4, -0.2) is 33.2 Å². The van der Waals surface area contributed by atoms with E-state index in [1.165, 1.54) is 10.5 Å². The molecule has 0 saturated heterocycles. The fourth-order valence-corrected chi connectivity index (χ4v) is 3.83. The average Bonchev–Trinajstić information content (AvgIpc) is 2.97. The van der Waals surface area contributed by atoms with Crippen molar-refractivity contribution in [3.05, 3.63) is 45.8 Å². The van der Waals surface area contributed by atoms with Gasteiger partial charge in [-0.15, -0.1) is 11.3 Å². The summed E-state index contributed by atoms with van der Waals surface area (Å²) in [4.78, 5) is 16.0. The van der Waals surface area contributed by atoms with Crippen LogP contribution in [0.4, 0.5) is 10.7 Å². The number of hydrogen-bond donors (Lipinski definition) is 2. The van der Waals surface area contributed by atoms with E-state index in [9.17, 15) is 10.1 Å². The minimum atomic E-state index is -0.406. The summed E-state index contributed by atoms with van der Waals surface area (Å²) in [5, 5.41) is 9.87. The Morgan fingerprint density at radius 3 is 2.44 bits per heavy atom. The van der Waals surface area contributed by atoms with Crippen molar-refractivity contribution in [1.82, 2.24) is 0 Å². The minimum Gasteiger partial charge on any atom is -0.462 e. The first-order chi connectivity index (χ1) is 12.9. The number of nitrogens with zero attached hydrogens (tertiary/aromatic N) is 2. The molecule has 0 spiro atoms. The molecule has 2 rings (SSSR count). The van der Waals surface area contributed by atoms with E-state index >= 15 is 0 Å². The van der Waals surface area contributed by atoms with Crippen LogP contribution in [0.15, 0.2) is 24.3 Å². The van der Waals surface area contributed by atoms with E-state index in [1.54, 1.807) is 6.92 Å². The largest absolute Gasteiger partial charge is 0.462 e. The number of carbonyl (C=O) groups is 1. The van der Waals surface area contributed by atoms with E-state index in [-0.39, 0.29) is 0 Å². The second-order valence-electron chi connectivity index (χ2n) is 6.50. The van der Waals surface area contributed by atoms with Gasteiger partial charge in [-0.05, 0) is 26.0 Å². The van der Waals surface area contributed by atoms with Gasteiger partial charge in [0.15, 0.2) is 0 Å². The molecule has 0 saturated carbocycles. The quantitative estimate of drug-likeness (QED) is 0.678. The third-order valence-electron chi connectivity index (χ3n) is 4.44. The summed E-state index contributed by atoms with van der Waals surface area (Å²) >= 11 is 1.14. The number of nitrogens with one attached hydrogen (secondary N) is 1. The SMILES string of the molecule is CCOC(=O)c1sc(N)c(C#N)c1C[NH+](CC)Cc1ccc(N(C)C)cc1. The molecule has 1 heterocycles. The molecule has 3 N–H and O–H groups in total. The molecule has 7 heteroatoms. The number of nitrogen functional groups attached to an aromatic ring is 1. The number of esters is 1. The van der Waals surface area contributed by atoms with Gasteiger partial charge in [0.1, 0.15) is 29.0 Å². The maximum absolute atomic E-state index is 12.3. The topological polar surface area (TPSA) is 83.8 Å². The third-order valence-corrected chi connectivity index (χ3v) is 5.48. The Hall–Kier alpha value is -2.56. The van der Waals surface area contributed by atoms with Crippen LogP contribution in [0.3, 0.4) is 0 Å². The zero-order valence-electron chi connectivity index (χ0n) is 16.3. The molecule has 0 aliphatic carbocycles. The fraction of sp³-hybridized carbons (Fsp3) is 0.400. The summed E-state index contributed by atoms with van der Waals surface area (Å²) < 4.78 is 5.14. The second-order valence-corrected chi connectivity index (χ2v) is 7.55. The highest BCUT2D eigenvalue weighted by Gasteiger charge is 2.25. The normalized spacial score (nSPS) is 11.7. The average molecular weight is 388 g/mol. The van der Waals surface area contributed by atoms with Crippen molar-refractivity contribution in [3.63, 3.8) is 0 Å². The first-order valence-electron chi connectivity index (χ1n) is 8.99. The number of ether oxygens (including phenoxy) is 1. The van der Waals surface area contributed by atoms with E-state index in [1.807, 2.05) is 14.1 Å². The lowest BCUT2D eigenvalue weighted by molar-refractivity contribution is -0.925. The molecular weight excluding hydrogens is 360 g/mol. The molecule has 0 aliphatic heterocycles. The summed E-state index contributed by atoms with van der Waals surface area (Å²) in [6.07, 6.45) is 0. The van der Waals surface area contributed by atoms with Crippen LogP contribution in [0, 0.1) is 11.3 Å². The van der Waals surface area contributed by atoms with Crippen molar-refractivity contribution in [1.29, 1.82) is 5.26 Å². The predicted molar refractivity (Wildman–Crippen MR) is 109 cm³/mol. The standard InChI is InChI=1S/C20H26N4O2S/c1-5-24(12-14-7-9-15(10-8-14)23(3)4)13-17-16(11-21)19(22)27-18(17)20(25)26-6-2/h7-10H,5-6,12-13,22H2,1-4H3/p+1. The Bertz CT molecular complexity index is 822. The van der Waals surface area contributed by atoms with E-state index < -0.39 is 5.97 Å². The molecule has 1 aromatic heterocycles. The van der Waals surface area contributed by atoms with E-state index in [0.717, 1.165) is 30.1 Å². The van der Waals surface area contributed by atoms with Crippen molar-refractivity contribution in [2.75, 3.05) is 37.9 Å². The highest BCUT2D eigenvalue weighted by molar-refractivity contribution is 7.18. The Balaban J connectivity index is 2.24. The van der Waals surface area contributed by atoms with Crippen molar-refractivity contribution in [3.8, 4) is 6.07 Å². The molecule has 144 valence electrons. The van der Waals surface area contributed by atoms with Crippen molar-refractivity contribution >= 4 is 28.0 Å². The van der Waals surface area contributed by atoms with Crippen LogP contribution >= 0.6 is 11.3 Å². The number of rotatable bonds is 8. The lowest BCUT2D eigenvalue weighted by Crippen LogP contribution is -3.09. The molecule has 1 unspecified atom stereocenters. The van der Waals surface area contributed by atoms with Gasteiger partial charge < -0.3 is 20.3 Å². The highest BCUT2D eigenvalue weighted by atomic mass is 32.1. The second kappa shape index (κ2) is 9.40. The van der Waals surface area contributed by atoms with Crippen LogP contribution in [0.25, 0.3) is 0 Å². The summed E-state index contributed by atoms with van der Waals surface area (Å²) in [6, 6.07) is 10.6. The summed E-state index contributed by atoms with van der Waals surface area (Å²) in [6.45, 7) is 6.36. The summed E-state index contributed by atoms with van der Waals surface area (Å²) in [5.74, 6) is -0.406. The number of carbonyl (C=O) groups excluding carboxylic acids is 1. The number of benzene rings is 1. The zero-order chi connectivity index (χ0) is 20.0. The Morgan fingerprint density at radius 2 is 1.93 bits per heavy atom. The number of quaternary nitrogens is 1. The maximum Gasteiger partial charge on any atom is 0.348 e. The zero-order valence-corrected chi connectivity index (χ0v) is 17.2. The third kappa shape index (κ3) is 5.00. The smallest absolute Gasteiger partial charge is 0.348 e. The molecule has 1 atom stereocenters. The molecular formula is C20H27N4O2S+. The number of thiophene rings is 1. The van der Waals surface area contributed by atoms with Crippen LogP contribution in [0.2, 0.25) is 0 Å².